The number of hydrogen-bond donors (Lipinski definition) is 2. The Labute approximate surface area is 104 Å². The normalized spacial score (nSPS) is 11.8. The summed E-state index contributed by atoms with van der Waals surface area (Å²) in [4.78, 5) is 11.1. The number of carbonyl (C=O) groups is 1. The Morgan fingerprint density at radius 3 is 2.62 bits per heavy atom. The minimum absolute atomic E-state index is 0.513. The summed E-state index contributed by atoms with van der Waals surface area (Å²) in [6.07, 6.45) is 0. The fourth-order valence-electron chi connectivity index (χ4n) is 1.22. The van der Waals surface area contributed by atoms with Crippen molar-refractivity contribution in [3.05, 3.63) is 35.9 Å². The van der Waals surface area contributed by atoms with Crippen LogP contribution in [0, 0.1) is 0 Å². The lowest BCUT2D eigenvalue weighted by molar-refractivity contribution is -0.139. The van der Waals surface area contributed by atoms with E-state index in [1.54, 1.807) is 12.1 Å². The van der Waals surface area contributed by atoms with Crippen molar-refractivity contribution in [2.75, 3.05) is 5.75 Å². The highest BCUT2D eigenvalue weighted by atomic mass is 32.2. The standard InChI is InChI=1S/C11H13NO2S2/c1-2-16-11(15)12-9(10(13)14)8-6-4-3-5-7-8/h3-7,9H,2H2,1H3,(H,12,15)(H,13,14)/t9-/m0/s1. The predicted molar refractivity (Wildman–Crippen MR) is 70.7 cm³/mol. The number of carboxylic acid groups (broad SMARTS) is 1. The molecule has 86 valence electrons. The molecule has 0 heterocycles. The van der Waals surface area contributed by atoms with Gasteiger partial charge in [-0.3, -0.25) is 0 Å². The molecule has 5 heteroatoms. The topological polar surface area (TPSA) is 49.3 Å². The van der Waals surface area contributed by atoms with Gasteiger partial charge in [0.15, 0.2) is 6.04 Å². The zero-order valence-corrected chi connectivity index (χ0v) is 10.5. The SMILES string of the molecule is CCSC(=S)N[C@H](C(=O)O)c1ccccc1. The molecular formula is C11H13NO2S2. The fraction of sp³-hybridized carbons (Fsp3) is 0.273. The maximum atomic E-state index is 11.1. The number of hydrogen-bond acceptors (Lipinski definition) is 3. The van der Waals surface area contributed by atoms with Crippen LogP contribution in [0.1, 0.15) is 18.5 Å². The van der Waals surface area contributed by atoms with Crippen molar-refractivity contribution in [2.45, 2.75) is 13.0 Å². The van der Waals surface area contributed by atoms with Crippen molar-refractivity contribution in [3.63, 3.8) is 0 Å². The van der Waals surface area contributed by atoms with Crippen molar-refractivity contribution >= 4 is 34.3 Å². The summed E-state index contributed by atoms with van der Waals surface area (Å²) in [7, 11) is 0. The third kappa shape index (κ3) is 3.83. The maximum Gasteiger partial charge on any atom is 0.330 e. The number of benzene rings is 1. The first-order valence-electron chi connectivity index (χ1n) is 4.86. The average molecular weight is 255 g/mol. The van der Waals surface area contributed by atoms with Crippen LogP contribution >= 0.6 is 24.0 Å². The van der Waals surface area contributed by atoms with Gasteiger partial charge >= 0.3 is 5.97 Å². The van der Waals surface area contributed by atoms with E-state index in [1.807, 2.05) is 25.1 Å². The van der Waals surface area contributed by atoms with Crippen LogP contribution in [0.2, 0.25) is 0 Å². The van der Waals surface area contributed by atoms with E-state index in [-0.39, 0.29) is 0 Å². The minimum atomic E-state index is -0.926. The third-order valence-electron chi connectivity index (χ3n) is 1.92. The molecule has 1 aromatic carbocycles. The van der Waals surface area contributed by atoms with E-state index in [2.05, 4.69) is 5.32 Å². The van der Waals surface area contributed by atoms with E-state index >= 15 is 0 Å². The Bertz CT molecular complexity index is 368. The summed E-state index contributed by atoms with van der Waals surface area (Å²) in [6.45, 7) is 1.97. The second-order valence-corrected chi connectivity index (χ2v) is 4.99. The first-order chi connectivity index (χ1) is 7.65. The van der Waals surface area contributed by atoms with Crippen molar-refractivity contribution < 1.29 is 9.90 Å². The molecule has 0 aliphatic heterocycles. The molecule has 0 radical (unpaired) electrons. The van der Waals surface area contributed by atoms with E-state index in [4.69, 9.17) is 17.3 Å². The van der Waals surface area contributed by atoms with Crippen LogP contribution in [0.5, 0.6) is 0 Å². The second-order valence-electron chi connectivity index (χ2n) is 3.05. The van der Waals surface area contributed by atoms with Crippen LogP contribution in [0.25, 0.3) is 0 Å². The summed E-state index contributed by atoms with van der Waals surface area (Å²) < 4.78 is 0.513. The molecule has 1 atom stereocenters. The monoisotopic (exact) mass is 255 g/mol. The zero-order valence-electron chi connectivity index (χ0n) is 8.84. The molecule has 0 bridgehead atoms. The molecule has 0 saturated carbocycles. The summed E-state index contributed by atoms with van der Waals surface area (Å²) in [5, 5.41) is 11.9. The van der Waals surface area contributed by atoms with Gasteiger partial charge in [0.1, 0.15) is 4.32 Å². The Hall–Kier alpha value is -1.07. The van der Waals surface area contributed by atoms with E-state index in [9.17, 15) is 4.79 Å². The smallest absolute Gasteiger partial charge is 0.330 e. The summed E-state index contributed by atoms with van der Waals surface area (Å²) >= 11 is 6.47. The van der Waals surface area contributed by atoms with Crippen molar-refractivity contribution in [1.82, 2.24) is 5.32 Å². The number of carboxylic acids is 1. The van der Waals surface area contributed by atoms with Gasteiger partial charge in [0.25, 0.3) is 0 Å². The molecule has 0 amide bonds. The molecule has 1 rings (SSSR count). The van der Waals surface area contributed by atoms with Gasteiger partial charge in [0, 0.05) is 0 Å². The molecule has 0 aromatic heterocycles. The Morgan fingerprint density at radius 1 is 1.50 bits per heavy atom. The molecule has 0 saturated heterocycles. The van der Waals surface area contributed by atoms with Crippen LogP contribution in [-0.4, -0.2) is 21.1 Å². The average Bonchev–Trinajstić information content (AvgIpc) is 2.27. The lowest BCUT2D eigenvalue weighted by atomic mass is 10.1. The number of thioether (sulfide) groups is 1. The van der Waals surface area contributed by atoms with Gasteiger partial charge in [-0.2, -0.15) is 0 Å². The van der Waals surface area contributed by atoms with Crippen LogP contribution in [0.15, 0.2) is 30.3 Å². The Kier molecular flexibility index (Phi) is 5.28. The van der Waals surface area contributed by atoms with E-state index in [0.29, 0.717) is 9.88 Å². The van der Waals surface area contributed by atoms with Gasteiger partial charge in [0.05, 0.1) is 0 Å². The highest BCUT2D eigenvalue weighted by Gasteiger charge is 2.19. The van der Waals surface area contributed by atoms with E-state index in [1.165, 1.54) is 11.8 Å². The van der Waals surface area contributed by atoms with Crippen molar-refractivity contribution in [3.8, 4) is 0 Å². The maximum absolute atomic E-state index is 11.1. The van der Waals surface area contributed by atoms with Gasteiger partial charge < -0.3 is 10.4 Å². The molecule has 0 spiro atoms. The van der Waals surface area contributed by atoms with Crippen LogP contribution in [0.3, 0.4) is 0 Å². The first-order valence-corrected chi connectivity index (χ1v) is 6.25. The van der Waals surface area contributed by atoms with Crippen molar-refractivity contribution in [2.24, 2.45) is 0 Å². The molecule has 0 fully saturated rings. The highest BCUT2D eigenvalue weighted by molar-refractivity contribution is 8.22. The van der Waals surface area contributed by atoms with E-state index in [0.717, 1.165) is 5.75 Å². The summed E-state index contributed by atoms with van der Waals surface area (Å²) in [5.74, 6) is -0.0993. The number of aliphatic carboxylic acids is 1. The summed E-state index contributed by atoms with van der Waals surface area (Å²) in [5.41, 5.74) is 0.703. The molecule has 2 N–H and O–H groups in total. The minimum Gasteiger partial charge on any atom is -0.479 e. The van der Waals surface area contributed by atoms with Gasteiger partial charge in [-0.05, 0) is 11.3 Å². The lowest BCUT2D eigenvalue weighted by Gasteiger charge is -2.15. The molecule has 0 unspecified atom stereocenters. The summed E-state index contributed by atoms with van der Waals surface area (Å²) in [6, 6.07) is 8.23. The van der Waals surface area contributed by atoms with Gasteiger partial charge in [-0.1, -0.05) is 61.2 Å². The molecular weight excluding hydrogens is 242 g/mol. The quantitative estimate of drug-likeness (QED) is 0.809. The highest BCUT2D eigenvalue weighted by Crippen LogP contribution is 2.14. The molecule has 16 heavy (non-hydrogen) atoms. The van der Waals surface area contributed by atoms with Crippen molar-refractivity contribution in [1.29, 1.82) is 0 Å². The molecule has 1 aromatic rings. The lowest BCUT2D eigenvalue weighted by Crippen LogP contribution is -2.31. The Balaban J connectivity index is 2.77. The van der Waals surface area contributed by atoms with Gasteiger partial charge in [-0.25, -0.2) is 4.79 Å². The van der Waals surface area contributed by atoms with Crippen LogP contribution < -0.4 is 5.32 Å². The number of thiocarbonyl (C=S) groups is 1. The second kappa shape index (κ2) is 6.50. The van der Waals surface area contributed by atoms with Gasteiger partial charge in [-0.15, -0.1) is 0 Å². The fourth-order valence-corrected chi connectivity index (χ4v) is 2.16. The first kappa shape index (κ1) is 13.0. The molecule has 3 nitrogen and oxygen atoms in total. The van der Waals surface area contributed by atoms with Crippen LogP contribution in [0.4, 0.5) is 0 Å². The Morgan fingerprint density at radius 2 is 2.12 bits per heavy atom. The van der Waals surface area contributed by atoms with Gasteiger partial charge in [0.2, 0.25) is 0 Å². The predicted octanol–water partition coefficient (Wildman–Crippen LogP) is 2.44. The van der Waals surface area contributed by atoms with Crippen LogP contribution in [-0.2, 0) is 4.79 Å². The van der Waals surface area contributed by atoms with E-state index < -0.39 is 12.0 Å². The molecule has 0 aliphatic rings. The zero-order chi connectivity index (χ0) is 12.0. The number of nitrogens with one attached hydrogen (secondary N) is 1. The largest absolute Gasteiger partial charge is 0.479 e. The third-order valence-corrected chi connectivity index (χ3v) is 3.06. The molecule has 0 aliphatic carbocycles. The number of rotatable bonds is 4.